The third-order valence-corrected chi connectivity index (χ3v) is 4.62. The molecule has 2 aromatic rings. The zero-order valence-electron chi connectivity index (χ0n) is 12.5. The van der Waals surface area contributed by atoms with Crippen LogP contribution in [0, 0.1) is 11.8 Å². The first-order valence-electron chi connectivity index (χ1n) is 7.84. The summed E-state index contributed by atoms with van der Waals surface area (Å²) >= 11 is 0. The summed E-state index contributed by atoms with van der Waals surface area (Å²) in [5, 5.41) is 3.46. The van der Waals surface area contributed by atoms with Crippen LogP contribution < -0.4 is 16.6 Å². The van der Waals surface area contributed by atoms with Crippen LogP contribution in [0.4, 0.5) is 11.6 Å². The summed E-state index contributed by atoms with van der Waals surface area (Å²) in [7, 11) is 0. The van der Waals surface area contributed by atoms with E-state index in [-0.39, 0.29) is 0 Å². The van der Waals surface area contributed by atoms with E-state index in [1.54, 1.807) is 6.20 Å². The van der Waals surface area contributed by atoms with Crippen molar-refractivity contribution in [1.29, 1.82) is 0 Å². The molecule has 0 bridgehead atoms. The lowest BCUT2D eigenvalue weighted by Crippen LogP contribution is -2.22. The Kier molecular flexibility index (Phi) is 4.24. The summed E-state index contributed by atoms with van der Waals surface area (Å²) in [4.78, 5) is 8.83. The summed E-state index contributed by atoms with van der Waals surface area (Å²) in [5.74, 6) is 8.58. The number of hydrazine groups is 1. The van der Waals surface area contributed by atoms with Crippen molar-refractivity contribution in [1.82, 2.24) is 14.4 Å². The molecule has 4 N–H and O–H groups in total. The summed E-state index contributed by atoms with van der Waals surface area (Å²) in [6, 6.07) is 0. The number of nitrogens with two attached hydrogens (primary N) is 1. The Morgan fingerprint density at radius 1 is 1.29 bits per heavy atom. The number of nitrogens with zero attached hydrogens (tertiary/aromatic N) is 3. The molecule has 3 rings (SSSR count). The van der Waals surface area contributed by atoms with Crippen LogP contribution >= 0.6 is 0 Å². The van der Waals surface area contributed by atoms with Crippen molar-refractivity contribution in [2.45, 2.75) is 39.0 Å². The molecule has 2 aromatic heterocycles. The van der Waals surface area contributed by atoms with E-state index < -0.39 is 0 Å². The van der Waals surface area contributed by atoms with Gasteiger partial charge in [-0.15, -0.1) is 0 Å². The van der Waals surface area contributed by atoms with E-state index in [0.717, 1.165) is 29.8 Å². The van der Waals surface area contributed by atoms with Gasteiger partial charge in [0.1, 0.15) is 0 Å². The van der Waals surface area contributed by atoms with Gasteiger partial charge < -0.3 is 15.1 Å². The lowest BCUT2D eigenvalue weighted by atomic mass is 9.81. The molecule has 21 heavy (non-hydrogen) atoms. The molecule has 114 valence electrons. The van der Waals surface area contributed by atoms with Crippen molar-refractivity contribution in [2.75, 3.05) is 17.3 Å². The SMILES string of the molecule is CCC1CCC(CNc2nc(NN)cn3ccnc23)CC1. The fourth-order valence-corrected chi connectivity index (χ4v) is 3.20. The van der Waals surface area contributed by atoms with Crippen LogP contribution in [-0.4, -0.2) is 20.9 Å². The van der Waals surface area contributed by atoms with Crippen molar-refractivity contribution in [3.05, 3.63) is 18.6 Å². The fourth-order valence-electron chi connectivity index (χ4n) is 3.20. The molecular formula is C15H24N6. The number of anilines is 2. The number of fused-ring (bicyclic) bond motifs is 1. The van der Waals surface area contributed by atoms with Crippen LogP contribution in [0.25, 0.3) is 5.65 Å². The molecule has 0 aliphatic heterocycles. The first kappa shape index (κ1) is 14.1. The lowest BCUT2D eigenvalue weighted by molar-refractivity contribution is 0.278. The number of imidazole rings is 1. The molecule has 0 radical (unpaired) electrons. The third-order valence-electron chi connectivity index (χ3n) is 4.62. The number of nitrogen functional groups attached to an aromatic ring is 1. The molecular weight excluding hydrogens is 264 g/mol. The maximum Gasteiger partial charge on any atom is 0.180 e. The molecule has 0 spiro atoms. The smallest absolute Gasteiger partial charge is 0.180 e. The lowest BCUT2D eigenvalue weighted by Gasteiger charge is -2.28. The van der Waals surface area contributed by atoms with Gasteiger partial charge in [0, 0.05) is 18.9 Å². The minimum Gasteiger partial charge on any atom is -0.367 e. The minimum atomic E-state index is 0.637. The normalized spacial score (nSPS) is 22.4. The second-order valence-corrected chi connectivity index (χ2v) is 5.95. The summed E-state index contributed by atoms with van der Waals surface area (Å²) in [6.45, 7) is 3.26. The average molecular weight is 288 g/mol. The van der Waals surface area contributed by atoms with Crippen LogP contribution in [0.2, 0.25) is 0 Å². The van der Waals surface area contributed by atoms with Crippen LogP contribution in [0.3, 0.4) is 0 Å². The number of hydrogen-bond donors (Lipinski definition) is 3. The predicted molar refractivity (Wildman–Crippen MR) is 85.0 cm³/mol. The zero-order chi connectivity index (χ0) is 14.7. The molecule has 0 amide bonds. The van der Waals surface area contributed by atoms with Crippen LogP contribution in [0.5, 0.6) is 0 Å². The largest absolute Gasteiger partial charge is 0.367 e. The summed E-state index contributed by atoms with van der Waals surface area (Å²) in [5.41, 5.74) is 3.44. The Morgan fingerprint density at radius 2 is 2.05 bits per heavy atom. The molecule has 6 heteroatoms. The number of aromatic nitrogens is 3. The highest BCUT2D eigenvalue weighted by atomic mass is 15.3. The Labute approximate surface area is 125 Å². The van der Waals surface area contributed by atoms with Crippen molar-refractivity contribution in [3.63, 3.8) is 0 Å². The molecule has 1 saturated carbocycles. The Bertz CT molecular complexity index is 585. The second kappa shape index (κ2) is 6.30. The van der Waals surface area contributed by atoms with E-state index in [1.165, 1.54) is 32.1 Å². The van der Waals surface area contributed by atoms with Crippen molar-refractivity contribution >= 4 is 17.3 Å². The van der Waals surface area contributed by atoms with Gasteiger partial charge in [0.05, 0.1) is 6.20 Å². The van der Waals surface area contributed by atoms with E-state index in [1.807, 2.05) is 16.8 Å². The van der Waals surface area contributed by atoms with E-state index in [9.17, 15) is 0 Å². The van der Waals surface area contributed by atoms with Gasteiger partial charge in [-0.2, -0.15) is 0 Å². The van der Waals surface area contributed by atoms with E-state index in [0.29, 0.717) is 5.82 Å². The highest BCUT2D eigenvalue weighted by molar-refractivity contribution is 5.65. The van der Waals surface area contributed by atoms with Crippen LogP contribution in [-0.2, 0) is 0 Å². The maximum atomic E-state index is 5.47. The first-order valence-corrected chi connectivity index (χ1v) is 7.84. The minimum absolute atomic E-state index is 0.637. The second-order valence-electron chi connectivity index (χ2n) is 5.95. The van der Waals surface area contributed by atoms with E-state index >= 15 is 0 Å². The summed E-state index contributed by atoms with van der Waals surface area (Å²) in [6.07, 6.45) is 12.2. The van der Waals surface area contributed by atoms with Gasteiger partial charge in [0.15, 0.2) is 17.3 Å². The van der Waals surface area contributed by atoms with Gasteiger partial charge in [-0.05, 0) is 24.7 Å². The van der Waals surface area contributed by atoms with Gasteiger partial charge in [0.2, 0.25) is 0 Å². The number of rotatable bonds is 5. The summed E-state index contributed by atoms with van der Waals surface area (Å²) < 4.78 is 1.93. The van der Waals surface area contributed by atoms with E-state index in [2.05, 4.69) is 27.6 Å². The molecule has 1 aliphatic rings. The average Bonchev–Trinajstić information content (AvgIpc) is 3.01. The molecule has 6 nitrogen and oxygen atoms in total. The van der Waals surface area contributed by atoms with Gasteiger partial charge in [-0.1, -0.05) is 26.2 Å². The van der Waals surface area contributed by atoms with Crippen LogP contribution in [0.1, 0.15) is 39.0 Å². The van der Waals surface area contributed by atoms with E-state index in [4.69, 9.17) is 5.84 Å². The van der Waals surface area contributed by atoms with Crippen LogP contribution in [0.15, 0.2) is 18.6 Å². The standard InChI is InChI=1S/C15H24N6/c1-2-11-3-5-12(6-4-11)9-18-14-15-17-7-8-21(15)10-13(19-14)20-16/h7-8,10-12,20H,2-6,9,16H2,1H3,(H,18,19). The van der Waals surface area contributed by atoms with Gasteiger partial charge in [0.25, 0.3) is 0 Å². The fraction of sp³-hybridized carbons (Fsp3) is 0.600. The van der Waals surface area contributed by atoms with Crippen molar-refractivity contribution in [2.24, 2.45) is 17.7 Å². The number of nitrogens with one attached hydrogen (secondary N) is 2. The monoisotopic (exact) mass is 288 g/mol. The Balaban J connectivity index is 1.66. The quantitative estimate of drug-likeness (QED) is 0.582. The van der Waals surface area contributed by atoms with Gasteiger partial charge >= 0.3 is 0 Å². The Hall–Kier alpha value is -1.82. The maximum absolute atomic E-state index is 5.47. The van der Waals surface area contributed by atoms with Gasteiger partial charge in [-0.3, -0.25) is 0 Å². The molecule has 0 unspecified atom stereocenters. The molecule has 2 heterocycles. The molecule has 1 fully saturated rings. The third kappa shape index (κ3) is 3.10. The number of hydrogen-bond acceptors (Lipinski definition) is 5. The van der Waals surface area contributed by atoms with Gasteiger partial charge in [-0.25, -0.2) is 15.8 Å². The molecule has 1 aliphatic carbocycles. The Morgan fingerprint density at radius 3 is 2.76 bits per heavy atom. The zero-order valence-corrected chi connectivity index (χ0v) is 12.5. The highest BCUT2D eigenvalue weighted by Crippen LogP contribution is 2.30. The molecule has 0 saturated heterocycles. The predicted octanol–water partition coefficient (Wildman–Crippen LogP) is 2.64. The van der Waals surface area contributed by atoms with Crippen molar-refractivity contribution in [3.8, 4) is 0 Å². The topological polar surface area (TPSA) is 80.3 Å². The molecule has 0 atom stereocenters. The van der Waals surface area contributed by atoms with Crippen molar-refractivity contribution < 1.29 is 0 Å². The highest BCUT2D eigenvalue weighted by Gasteiger charge is 2.20. The first-order chi connectivity index (χ1) is 10.3. The molecule has 0 aromatic carbocycles.